The van der Waals surface area contributed by atoms with E-state index in [1.54, 1.807) is 0 Å². The standard InChI is InChI=1S/C23H36N4O2/c1-7-12-21(28)24-18(6)23-25-19-13-10-11-14-20(19)26(23)15-22(29)27(16(4)8-2)17(5)9-3/h10-11,13-14,16-18H,7-9,12,15H2,1-6H3,(H,24,28). The molecular formula is C23H36N4O2. The van der Waals surface area contributed by atoms with Crippen LogP contribution in [-0.4, -0.2) is 38.3 Å². The Labute approximate surface area is 174 Å². The van der Waals surface area contributed by atoms with Crippen LogP contribution in [-0.2, 0) is 16.1 Å². The number of para-hydroxylation sites is 2. The molecule has 3 unspecified atom stereocenters. The minimum Gasteiger partial charge on any atom is -0.346 e. The van der Waals surface area contributed by atoms with Gasteiger partial charge in [-0.05, 0) is 52.2 Å². The van der Waals surface area contributed by atoms with E-state index >= 15 is 0 Å². The normalized spacial score (nSPS) is 14.4. The monoisotopic (exact) mass is 400 g/mol. The molecule has 0 aliphatic heterocycles. The van der Waals surface area contributed by atoms with Crippen LogP contribution in [0.1, 0.15) is 79.1 Å². The van der Waals surface area contributed by atoms with Crippen LogP contribution in [0.25, 0.3) is 11.0 Å². The van der Waals surface area contributed by atoms with Gasteiger partial charge < -0.3 is 14.8 Å². The second kappa shape index (κ2) is 10.4. The number of nitrogens with zero attached hydrogens (tertiary/aromatic N) is 3. The first-order valence-electron chi connectivity index (χ1n) is 10.9. The zero-order chi connectivity index (χ0) is 21.6. The summed E-state index contributed by atoms with van der Waals surface area (Å²) in [5.74, 6) is 0.813. The molecule has 0 aliphatic rings. The van der Waals surface area contributed by atoms with Gasteiger partial charge in [0.15, 0.2) is 0 Å². The van der Waals surface area contributed by atoms with Crippen molar-refractivity contribution in [2.24, 2.45) is 0 Å². The van der Waals surface area contributed by atoms with Crippen LogP contribution in [0.5, 0.6) is 0 Å². The molecule has 0 saturated carbocycles. The van der Waals surface area contributed by atoms with E-state index < -0.39 is 0 Å². The van der Waals surface area contributed by atoms with Crippen molar-refractivity contribution in [3.8, 4) is 0 Å². The van der Waals surface area contributed by atoms with Gasteiger partial charge in [0.25, 0.3) is 0 Å². The van der Waals surface area contributed by atoms with Crippen LogP contribution >= 0.6 is 0 Å². The van der Waals surface area contributed by atoms with Gasteiger partial charge in [-0.3, -0.25) is 9.59 Å². The number of benzene rings is 1. The predicted octanol–water partition coefficient (Wildman–Crippen LogP) is 4.44. The molecule has 0 fully saturated rings. The molecule has 0 spiro atoms. The minimum absolute atomic E-state index is 0.00534. The van der Waals surface area contributed by atoms with Crippen molar-refractivity contribution in [2.45, 2.75) is 91.9 Å². The summed E-state index contributed by atoms with van der Waals surface area (Å²) in [6, 6.07) is 7.91. The molecule has 160 valence electrons. The summed E-state index contributed by atoms with van der Waals surface area (Å²) in [4.78, 5) is 32.2. The number of hydrogen-bond donors (Lipinski definition) is 1. The third kappa shape index (κ3) is 5.37. The van der Waals surface area contributed by atoms with E-state index in [-0.39, 0.29) is 36.5 Å². The Kier molecular flexibility index (Phi) is 8.23. The lowest BCUT2D eigenvalue weighted by Gasteiger charge is -2.34. The Hall–Kier alpha value is -2.37. The maximum absolute atomic E-state index is 13.3. The molecule has 6 heteroatoms. The third-order valence-corrected chi connectivity index (χ3v) is 5.64. The fourth-order valence-electron chi connectivity index (χ4n) is 3.73. The number of carbonyl (C=O) groups excluding carboxylic acids is 2. The number of imidazole rings is 1. The van der Waals surface area contributed by atoms with Gasteiger partial charge in [-0.15, -0.1) is 0 Å². The molecule has 2 rings (SSSR count). The summed E-state index contributed by atoms with van der Waals surface area (Å²) in [6.07, 6.45) is 3.11. The number of hydrogen-bond acceptors (Lipinski definition) is 3. The number of rotatable bonds is 10. The molecule has 1 N–H and O–H groups in total. The summed E-state index contributed by atoms with van der Waals surface area (Å²) >= 11 is 0. The third-order valence-electron chi connectivity index (χ3n) is 5.64. The highest BCUT2D eigenvalue weighted by Crippen LogP contribution is 2.22. The Morgan fingerprint density at radius 2 is 1.69 bits per heavy atom. The fraction of sp³-hybridized carbons (Fsp3) is 0.609. The predicted molar refractivity (Wildman–Crippen MR) is 118 cm³/mol. The molecule has 29 heavy (non-hydrogen) atoms. The summed E-state index contributed by atoms with van der Waals surface area (Å²) in [5, 5.41) is 3.02. The molecule has 2 amide bonds. The van der Waals surface area contributed by atoms with Crippen LogP contribution in [0.15, 0.2) is 24.3 Å². The molecule has 0 bridgehead atoms. The second-order valence-electron chi connectivity index (χ2n) is 7.90. The maximum atomic E-state index is 13.3. The second-order valence-corrected chi connectivity index (χ2v) is 7.90. The first-order chi connectivity index (χ1) is 13.8. The van der Waals surface area contributed by atoms with Crippen molar-refractivity contribution in [3.63, 3.8) is 0 Å². The number of carbonyl (C=O) groups is 2. The topological polar surface area (TPSA) is 67.2 Å². The highest BCUT2D eigenvalue weighted by atomic mass is 16.2. The molecule has 3 atom stereocenters. The Balaban J connectivity index is 2.39. The summed E-state index contributed by atoms with van der Waals surface area (Å²) < 4.78 is 1.96. The van der Waals surface area contributed by atoms with Crippen LogP contribution in [0.3, 0.4) is 0 Å². The fourth-order valence-corrected chi connectivity index (χ4v) is 3.73. The molecule has 0 radical (unpaired) electrons. The van der Waals surface area contributed by atoms with Crippen LogP contribution < -0.4 is 5.32 Å². The zero-order valence-electron chi connectivity index (χ0n) is 18.7. The van der Waals surface area contributed by atoms with Gasteiger partial charge in [0, 0.05) is 18.5 Å². The lowest BCUT2D eigenvalue weighted by atomic mass is 10.1. The molecule has 0 saturated heterocycles. The number of aromatic nitrogens is 2. The van der Waals surface area contributed by atoms with Crippen molar-refractivity contribution in [2.75, 3.05) is 0 Å². The molecule has 0 aliphatic carbocycles. The number of nitrogens with one attached hydrogen (secondary N) is 1. The molecule has 2 aromatic rings. The Bertz CT molecular complexity index is 819. The Morgan fingerprint density at radius 3 is 2.28 bits per heavy atom. The van der Waals surface area contributed by atoms with Crippen LogP contribution in [0, 0.1) is 0 Å². The highest BCUT2D eigenvalue weighted by molar-refractivity contribution is 5.82. The average Bonchev–Trinajstić information content (AvgIpc) is 3.06. The van der Waals surface area contributed by atoms with E-state index in [0.29, 0.717) is 6.42 Å². The lowest BCUT2D eigenvalue weighted by molar-refractivity contribution is -0.136. The first kappa shape index (κ1) is 22.9. The van der Waals surface area contributed by atoms with Gasteiger partial charge in [-0.1, -0.05) is 32.9 Å². The maximum Gasteiger partial charge on any atom is 0.243 e. The van der Waals surface area contributed by atoms with Crippen molar-refractivity contribution >= 4 is 22.8 Å². The van der Waals surface area contributed by atoms with E-state index in [1.165, 1.54) is 0 Å². The quantitative estimate of drug-likeness (QED) is 0.641. The average molecular weight is 401 g/mol. The molecule has 6 nitrogen and oxygen atoms in total. The van der Waals surface area contributed by atoms with Gasteiger partial charge in [-0.25, -0.2) is 4.98 Å². The highest BCUT2D eigenvalue weighted by Gasteiger charge is 2.26. The van der Waals surface area contributed by atoms with E-state index in [9.17, 15) is 9.59 Å². The van der Waals surface area contributed by atoms with E-state index in [2.05, 4.69) is 33.0 Å². The van der Waals surface area contributed by atoms with E-state index in [0.717, 1.165) is 36.1 Å². The van der Waals surface area contributed by atoms with Crippen molar-refractivity contribution in [3.05, 3.63) is 30.1 Å². The van der Waals surface area contributed by atoms with Crippen molar-refractivity contribution < 1.29 is 9.59 Å². The number of amides is 2. The molecular weight excluding hydrogens is 364 g/mol. The molecule has 1 aromatic carbocycles. The summed E-state index contributed by atoms with van der Waals surface area (Å²) in [6.45, 7) is 12.6. The van der Waals surface area contributed by atoms with Gasteiger partial charge in [0.2, 0.25) is 11.8 Å². The van der Waals surface area contributed by atoms with Gasteiger partial charge in [0.1, 0.15) is 12.4 Å². The smallest absolute Gasteiger partial charge is 0.243 e. The van der Waals surface area contributed by atoms with Gasteiger partial charge >= 0.3 is 0 Å². The first-order valence-corrected chi connectivity index (χ1v) is 10.9. The van der Waals surface area contributed by atoms with Gasteiger partial charge in [0.05, 0.1) is 17.1 Å². The van der Waals surface area contributed by atoms with Gasteiger partial charge in [-0.2, -0.15) is 0 Å². The minimum atomic E-state index is -0.269. The van der Waals surface area contributed by atoms with Crippen LogP contribution in [0.4, 0.5) is 0 Å². The largest absolute Gasteiger partial charge is 0.346 e. The van der Waals surface area contributed by atoms with E-state index in [1.807, 2.05) is 47.6 Å². The van der Waals surface area contributed by atoms with E-state index in [4.69, 9.17) is 4.98 Å². The summed E-state index contributed by atoms with van der Waals surface area (Å²) in [5.41, 5.74) is 1.76. The van der Waals surface area contributed by atoms with Crippen molar-refractivity contribution in [1.29, 1.82) is 0 Å². The lowest BCUT2D eigenvalue weighted by Crippen LogP contribution is -2.46. The number of fused-ring (bicyclic) bond motifs is 1. The van der Waals surface area contributed by atoms with Crippen LogP contribution in [0.2, 0.25) is 0 Å². The molecule has 1 aromatic heterocycles. The SMILES string of the molecule is CCCC(=O)NC(C)c1nc2ccccc2n1CC(=O)N(C(C)CC)C(C)CC. The van der Waals surface area contributed by atoms with Crippen molar-refractivity contribution in [1.82, 2.24) is 19.8 Å². The zero-order valence-corrected chi connectivity index (χ0v) is 18.7. The Morgan fingerprint density at radius 1 is 1.07 bits per heavy atom. The summed E-state index contributed by atoms with van der Waals surface area (Å²) in [7, 11) is 0. The molecule has 1 heterocycles.